The predicted octanol–water partition coefficient (Wildman–Crippen LogP) is 30.2. The zero-order valence-corrected chi connectivity index (χ0v) is 63.4. The number of rotatable bonds is 12. The summed E-state index contributed by atoms with van der Waals surface area (Å²) in [4.78, 5) is 21.3. The first kappa shape index (κ1) is 68.7. The molecule has 0 spiro atoms. The first-order chi connectivity index (χ1) is 57.4. The van der Waals surface area contributed by atoms with Gasteiger partial charge in [-0.2, -0.15) is 0 Å². The van der Waals surface area contributed by atoms with Crippen LogP contribution >= 0.6 is 0 Å². The van der Waals surface area contributed by atoms with Crippen LogP contribution in [0.5, 0.6) is 0 Å². The van der Waals surface area contributed by atoms with Crippen molar-refractivity contribution in [3.63, 3.8) is 0 Å². The van der Waals surface area contributed by atoms with Crippen LogP contribution < -0.4 is 0 Å². The van der Waals surface area contributed by atoms with Gasteiger partial charge in [0.2, 0.25) is 0 Å². The highest BCUT2D eigenvalue weighted by Gasteiger charge is 2.21. The molecule has 0 aliphatic carbocycles. The molecule has 0 bridgehead atoms. The number of fused-ring (bicyclic) bond motifs is 10. The summed E-state index contributed by atoms with van der Waals surface area (Å²) in [5.74, 6) is 0. The standard InChI is InChI=1S/2C56H36N2/c1-3-15-41(16-4-1)53-33-47(34-54(57-53)42-17-5-2-6-18-42)39-23-27-40(28-24-39)50-35-52-51(45-29-25-37-13-7-9-19-43(37)31-45)36-55(58-56(52)49-22-12-11-21-48(49)50)46-30-26-38-14-8-10-20-44(38)32-46;1-3-13-37(14-4-1)47-33-53(41-17-5-2-6-18-41)57-54(34-47)42-27-25-40(26-28-42)50-35-52-51(45-29-23-38-15-7-9-19-43(38)31-45)36-55(58-56(52)49-22-12-11-21-48(49)50)46-30-24-39-16-8-10-20-44(39)32-46/h2*1-36H. The molecule has 0 aliphatic heterocycles. The van der Waals surface area contributed by atoms with Crippen molar-refractivity contribution in [1.29, 1.82) is 0 Å². The molecule has 540 valence electrons. The summed E-state index contributed by atoms with van der Waals surface area (Å²) < 4.78 is 0. The van der Waals surface area contributed by atoms with Gasteiger partial charge in [-0.05, 0) is 193 Å². The van der Waals surface area contributed by atoms with Crippen molar-refractivity contribution in [2.24, 2.45) is 0 Å². The zero-order chi connectivity index (χ0) is 76.8. The van der Waals surface area contributed by atoms with Crippen molar-refractivity contribution in [2.75, 3.05) is 0 Å². The van der Waals surface area contributed by atoms with Gasteiger partial charge in [0.15, 0.2) is 0 Å². The molecule has 0 unspecified atom stereocenters. The fourth-order valence-corrected chi connectivity index (χ4v) is 16.9. The maximum atomic E-state index is 5.48. The Morgan fingerprint density at radius 2 is 0.345 bits per heavy atom. The van der Waals surface area contributed by atoms with Gasteiger partial charge >= 0.3 is 0 Å². The van der Waals surface area contributed by atoms with Gasteiger partial charge in [0.05, 0.1) is 45.2 Å². The molecule has 0 saturated heterocycles. The third kappa shape index (κ3) is 13.2. The molecular formula is C112H72N4. The lowest BCUT2D eigenvalue weighted by Crippen LogP contribution is -1.94. The number of aromatic nitrogens is 4. The minimum Gasteiger partial charge on any atom is -0.248 e. The SMILES string of the molecule is c1ccc(-c2cc(-c3ccc(-c4cc5c(-c6ccc7ccccc7c6)cc(-c6ccc7ccccc7c6)nc5c5ccccc45)cc3)cc(-c3ccccc3)n2)cc1.c1ccc(-c2cc(-c3ccccc3)nc(-c3ccc(-c4cc5c(-c6ccc7ccccc7c6)cc(-c6ccc7ccccc7c6)nc5c5ccccc45)cc3)c2)cc1. The fourth-order valence-electron chi connectivity index (χ4n) is 16.9. The lowest BCUT2D eigenvalue weighted by molar-refractivity contribution is 1.32. The summed E-state index contributed by atoms with van der Waals surface area (Å²) in [5.41, 5.74) is 28.2. The van der Waals surface area contributed by atoms with E-state index in [0.29, 0.717) is 0 Å². The third-order valence-electron chi connectivity index (χ3n) is 22.8. The molecule has 116 heavy (non-hydrogen) atoms. The summed E-state index contributed by atoms with van der Waals surface area (Å²) in [6.07, 6.45) is 0. The van der Waals surface area contributed by atoms with Crippen LogP contribution in [0.15, 0.2) is 437 Å². The van der Waals surface area contributed by atoms with Crippen LogP contribution in [0.3, 0.4) is 0 Å². The van der Waals surface area contributed by atoms with Crippen molar-refractivity contribution in [1.82, 2.24) is 19.9 Å². The first-order valence-corrected chi connectivity index (χ1v) is 39.6. The van der Waals surface area contributed by atoms with Crippen LogP contribution in [-0.2, 0) is 0 Å². The van der Waals surface area contributed by atoms with E-state index < -0.39 is 0 Å². The van der Waals surface area contributed by atoms with E-state index in [1.54, 1.807) is 0 Å². The second kappa shape index (κ2) is 29.7. The molecule has 0 N–H and O–H groups in total. The number of benzene rings is 18. The lowest BCUT2D eigenvalue weighted by atomic mass is 9.90. The molecule has 0 amide bonds. The molecule has 0 aliphatic rings. The van der Waals surface area contributed by atoms with E-state index in [0.717, 1.165) is 134 Å². The molecule has 4 aromatic heterocycles. The summed E-state index contributed by atoms with van der Waals surface area (Å²) in [5, 5.41) is 16.6. The Morgan fingerprint density at radius 1 is 0.112 bits per heavy atom. The average molecular weight is 1470 g/mol. The van der Waals surface area contributed by atoms with E-state index in [9.17, 15) is 0 Å². The Labute approximate surface area is 673 Å². The van der Waals surface area contributed by atoms with Crippen molar-refractivity contribution < 1.29 is 0 Å². The Balaban J connectivity index is 0.000000145. The van der Waals surface area contributed by atoms with Gasteiger partial charge in [-0.3, -0.25) is 0 Å². The Kier molecular flexibility index (Phi) is 17.6. The smallest absolute Gasteiger partial charge is 0.0794 e. The molecule has 4 heterocycles. The molecule has 0 radical (unpaired) electrons. The van der Waals surface area contributed by atoms with Crippen LogP contribution in [0.2, 0.25) is 0 Å². The second-order valence-electron chi connectivity index (χ2n) is 30.0. The second-order valence-corrected chi connectivity index (χ2v) is 30.0. The summed E-state index contributed by atoms with van der Waals surface area (Å²) in [7, 11) is 0. The summed E-state index contributed by atoms with van der Waals surface area (Å²) in [6.45, 7) is 0. The highest BCUT2D eigenvalue weighted by Crippen LogP contribution is 2.46. The van der Waals surface area contributed by atoms with E-state index in [1.807, 2.05) is 18.2 Å². The number of hydrogen-bond donors (Lipinski definition) is 0. The predicted molar refractivity (Wildman–Crippen MR) is 489 cm³/mol. The Hall–Kier alpha value is -15.4. The lowest BCUT2D eigenvalue weighted by Gasteiger charge is -2.17. The highest BCUT2D eigenvalue weighted by atomic mass is 14.7. The molecule has 0 fully saturated rings. The van der Waals surface area contributed by atoms with Crippen LogP contribution in [0, 0.1) is 0 Å². The summed E-state index contributed by atoms with van der Waals surface area (Å²) >= 11 is 0. The third-order valence-corrected chi connectivity index (χ3v) is 22.8. The van der Waals surface area contributed by atoms with Gasteiger partial charge in [-0.1, -0.05) is 364 Å². The zero-order valence-electron chi connectivity index (χ0n) is 63.4. The molecule has 22 rings (SSSR count). The van der Waals surface area contributed by atoms with E-state index in [1.165, 1.54) is 87.2 Å². The van der Waals surface area contributed by atoms with Crippen LogP contribution in [0.4, 0.5) is 0 Å². The van der Waals surface area contributed by atoms with E-state index in [-0.39, 0.29) is 0 Å². The van der Waals surface area contributed by atoms with Gasteiger partial charge in [0.1, 0.15) is 0 Å². The highest BCUT2D eigenvalue weighted by molar-refractivity contribution is 6.18. The average Bonchev–Trinajstić information content (AvgIpc) is 0.738. The number of pyridine rings is 4. The minimum atomic E-state index is 0.944. The minimum absolute atomic E-state index is 0.944. The molecule has 4 nitrogen and oxygen atoms in total. The van der Waals surface area contributed by atoms with E-state index >= 15 is 0 Å². The Bertz CT molecular complexity index is 6960. The normalized spacial score (nSPS) is 11.4. The summed E-state index contributed by atoms with van der Waals surface area (Å²) in [6, 6.07) is 157. The molecule has 18 aromatic carbocycles. The number of hydrogen-bond acceptors (Lipinski definition) is 4. The molecule has 0 atom stereocenters. The van der Waals surface area contributed by atoms with E-state index in [2.05, 4.69) is 419 Å². The van der Waals surface area contributed by atoms with Gasteiger partial charge in [0, 0.05) is 54.9 Å². The quantitative estimate of drug-likeness (QED) is 0.114. The molecule has 22 aromatic rings. The molecular weight excluding hydrogens is 1400 g/mol. The topological polar surface area (TPSA) is 51.6 Å². The maximum Gasteiger partial charge on any atom is 0.0794 e. The monoisotopic (exact) mass is 1470 g/mol. The fraction of sp³-hybridized carbons (Fsp3) is 0. The van der Waals surface area contributed by atoms with E-state index in [4.69, 9.17) is 19.9 Å². The van der Waals surface area contributed by atoms with Gasteiger partial charge in [0.25, 0.3) is 0 Å². The van der Waals surface area contributed by atoms with Crippen LogP contribution in [-0.4, -0.2) is 19.9 Å². The van der Waals surface area contributed by atoms with Crippen molar-refractivity contribution in [2.45, 2.75) is 0 Å². The molecule has 4 heteroatoms. The van der Waals surface area contributed by atoms with Gasteiger partial charge < -0.3 is 0 Å². The first-order valence-electron chi connectivity index (χ1n) is 39.6. The van der Waals surface area contributed by atoms with Crippen molar-refractivity contribution in [3.05, 3.63) is 437 Å². The van der Waals surface area contributed by atoms with Gasteiger partial charge in [-0.25, -0.2) is 19.9 Å². The van der Waals surface area contributed by atoms with Crippen LogP contribution in [0.1, 0.15) is 0 Å². The van der Waals surface area contributed by atoms with Crippen molar-refractivity contribution >= 4 is 86.4 Å². The van der Waals surface area contributed by atoms with Gasteiger partial charge in [-0.15, -0.1) is 0 Å². The maximum absolute atomic E-state index is 5.48. The van der Waals surface area contributed by atoms with Crippen LogP contribution in [0.25, 0.3) is 221 Å². The number of nitrogens with zero attached hydrogens (tertiary/aromatic N) is 4. The Morgan fingerprint density at radius 3 is 0.698 bits per heavy atom. The largest absolute Gasteiger partial charge is 0.248 e. The molecule has 0 saturated carbocycles. The van der Waals surface area contributed by atoms with Crippen molar-refractivity contribution in [3.8, 4) is 134 Å².